The number of benzene rings is 1. The SMILES string of the molecule is CC(C)(C)C(=O)N1CCC(c2cc3ccccc3[nH]2)C1. The van der Waals surface area contributed by atoms with E-state index in [1.54, 1.807) is 0 Å². The zero-order chi connectivity index (χ0) is 14.3. The summed E-state index contributed by atoms with van der Waals surface area (Å²) < 4.78 is 0. The van der Waals surface area contributed by atoms with Crippen molar-refractivity contribution in [2.75, 3.05) is 13.1 Å². The molecule has 0 bridgehead atoms. The number of carbonyl (C=O) groups is 1. The zero-order valence-corrected chi connectivity index (χ0v) is 12.4. The standard InChI is InChI=1S/C17H22N2O/c1-17(2,3)16(20)19-9-8-13(11-19)15-10-12-6-4-5-7-14(12)18-15/h4-7,10,13,18H,8-9,11H2,1-3H3. The number of aromatic amines is 1. The van der Waals surface area contributed by atoms with E-state index in [9.17, 15) is 4.79 Å². The Bertz CT molecular complexity index is 603. The fraction of sp³-hybridized carbons (Fsp3) is 0.471. The van der Waals surface area contributed by atoms with Crippen LogP contribution in [0.5, 0.6) is 0 Å². The normalized spacial score (nSPS) is 19.8. The average molecular weight is 270 g/mol. The van der Waals surface area contributed by atoms with Gasteiger partial charge in [0.05, 0.1) is 0 Å². The van der Waals surface area contributed by atoms with Crippen molar-refractivity contribution in [1.82, 2.24) is 9.88 Å². The maximum absolute atomic E-state index is 12.3. The Balaban J connectivity index is 1.78. The van der Waals surface area contributed by atoms with Crippen LogP contribution < -0.4 is 0 Å². The van der Waals surface area contributed by atoms with Crippen LogP contribution in [0.15, 0.2) is 30.3 Å². The van der Waals surface area contributed by atoms with Gasteiger partial charge in [-0.1, -0.05) is 39.0 Å². The van der Waals surface area contributed by atoms with E-state index in [4.69, 9.17) is 0 Å². The van der Waals surface area contributed by atoms with E-state index >= 15 is 0 Å². The van der Waals surface area contributed by atoms with E-state index in [0.717, 1.165) is 19.5 Å². The quantitative estimate of drug-likeness (QED) is 0.845. The van der Waals surface area contributed by atoms with Crippen LogP contribution >= 0.6 is 0 Å². The number of para-hydroxylation sites is 1. The predicted molar refractivity (Wildman–Crippen MR) is 81.7 cm³/mol. The van der Waals surface area contributed by atoms with Gasteiger partial charge >= 0.3 is 0 Å². The van der Waals surface area contributed by atoms with E-state index in [2.05, 4.69) is 29.2 Å². The van der Waals surface area contributed by atoms with Gasteiger partial charge in [-0.2, -0.15) is 0 Å². The van der Waals surface area contributed by atoms with Crippen molar-refractivity contribution in [3.05, 3.63) is 36.0 Å². The molecule has 1 amide bonds. The largest absolute Gasteiger partial charge is 0.358 e. The molecule has 0 spiro atoms. The molecule has 1 aliphatic rings. The van der Waals surface area contributed by atoms with Crippen molar-refractivity contribution in [2.45, 2.75) is 33.1 Å². The number of carbonyl (C=O) groups excluding carboxylic acids is 1. The lowest BCUT2D eigenvalue weighted by Gasteiger charge is -2.25. The molecule has 1 unspecified atom stereocenters. The maximum atomic E-state index is 12.3. The summed E-state index contributed by atoms with van der Waals surface area (Å²) in [5.41, 5.74) is 2.16. The molecule has 2 heterocycles. The molecule has 1 aromatic heterocycles. The van der Waals surface area contributed by atoms with Crippen molar-refractivity contribution < 1.29 is 4.79 Å². The van der Waals surface area contributed by atoms with Crippen LogP contribution in [0.1, 0.15) is 38.8 Å². The molecule has 2 aromatic rings. The van der Waals surface area contributed by atoms with Gasteiger partial charge in [-0.25, -0.2) is 0 Å². The number of nitrogens with zero attached hydrogens (tertiary/aromatic N) is 1. The summed E-state index contributed by atoms with van der Waals surface area (Å²) >= 11 is 0. The second-order valence-electron chi connectivity index (χ2n) is 6.80. The lowest BCUT2D eigenvalue weighted by atomic mass is 9.95. The predicted octanol–water partition coefficient (Wildman–Crippen LogP) is 3.53. The first-order chi connectivity index (χ1) is 9.45. The van der Waals surface area contributed by atoms with Crippen LogP contribution in [-0.4, -0.2) is 28.9 Å². The molecule has 1 aromatic carbocycles. The number of aromatic nitrogens is 1. The van der Waals surface area contributed by atoms with Gasteiger partial charge < -0.3 is 9.88 Å². The number of fused-ring (bicyclic) bond motifs is 1. The molecular formula is C17H22N2O. The Morgan fingerprint density at radius 1 is 1.30 bits per heavy atom. The Hall–Kier alpha value is -1.77. The first-order valence-electron chi connectivity index (χ1n) is 7.32. The molecule has 1 fully saturated rings. The molecule has 3 nitrogen and oxygen atoms in total. The molecule has 20 heavy (non-hydrogen) atoms. The molecule has 3 heteroatoms. The Kier molecular flexibility index (Phi) is 3.08. The van der Waals surface area contributed by atoms with Gasteiger partial charge in [-0.3, -0.25) is 4.79 Å². The second-order valence-corrected chi connectivity index (χ2v) is 6.80. The van der Waals surface area contributed by atoms with Gasteiger partial charge in [0.25, 0.3) is 0 Å². The third-order valence-corrected chi connectivity index (χ3v) is 4.11. The fourth-order valence-corrected chi connectivity index (χ4v) is 2.99. The van der Waals surface area contributed by atoms with Gasteiger partial charge in [0.2, 0.25) is 5.91 Å². The number of hydrogen-bond acceptors (Lipinski definition) is 1. The van der Waals surface area contributed by atoms with Crippen molar-refractivity contribution in [2.24, 2.45) is 5.41 Å². The summed E-state index contributed by atoms with van der Waals surface area (Å²) in [4.78, 5) is 17.8. The summed E-state index contributed by atoms with van der Waals surface area (Å²) in [5.74, 6) is 0.699. The molecule has 0 radical (unpaired) electrons. The van der Waals surface area contributed by atoms with Crippen molar-refractivity contribution in [1.29, 1.82) is 0 Å². The third-order valence-electron chi connectivity index (χ3n) is 4.11. The molecule has 3 rings (SSSR count). The van der Waals surface area contributed by atoms with E-state index in [-0.39, 0.29) is 11.3 Å². The smallest absolute Gasteiger partial charge is 0.227 e. The number of amides is 1. The summed E-state index contributed by atoms with van der Waals surface area (Å²) in [6.45, 7) is 7.68. The first-order valence-corrected chi connectivity index (χ1v) is 7.32. The number of hydrogen-bond donors (Lipinski definition) is 1. The molecule has 0 saturated carbocycles. The van der Waals surface area contributed by atoms with Gasteiger partial charge in [0, 0.05) is 35.6 Å². The number of H-pyrrole nitrogens is 1. The highest BCUT2D eigenvalue weighted by molar-refractivity contribution is 5.82. The van der Waals surface area contributed by atoms with Crippen LogP contribution in [0, 0.1) is 5.41 Å². The number of nitrogens with one attached hydrogen (secondary N) is 1. The Morgan fingerprint density at radius 2 is 2.05 bits per heavy atom. The topological polar surface area (TPSA) is 36.1 Å². The second kappa shape index (κ2) is 4.65. The van der Waals surface area contributed by atoms with Crippen LogP contribution in [0.2, 0.25) is 0 Å². The first kappa shape index (κ1) is 13.2. The van der Waals surface area contributed by atoms with Gasteiger partial charge in [-0.15, -0.1) is 0 Å². The van der Waals surface area contributed by atoms with Gasteiger partial charge in [-0.05, 0) is 23.9 Å². The third kappa shape index (κ3) is 2.33. The lowest BCUT2D eigenvalue weighted by molar-refractivity contribution is -0.138. The van der Waals surface area contributed by atoms with Crippen LogP contribution in [0.3, 0.4) is 0 Å². The fourth-order valence-electron chi connectivity index (χ4n) is 2.99. The minimum atomic E-state index is -0.282. The van der Waals surface area contributed by atoms with Gasteiger partial charge in [0.15, 0.2) is 0 Å². The Morgan fingerprint density at radius 3 is 2.75 bits per heavy atom. The van der Waals surface area contributed by atoms with E-state index in [0.29, 0.717) is 5.92 Å². The van der Waals surface area contributed by atoms with Gasteiger partial charge in [0.1, 0.15) is 0 Å². The summed E-state index contributed by atoms with van der Waals surface area (Å²) in [6.07, 6.45) is 1.05. The molecular weight excluding hydrogens is 248 g/mol. The Labute approximate surface area is 120 Å². The summed E-state index contributed by atoms with van der Waals surface area (Å²) in [7, 11) is 0. The summed E-state index contributed by atoms with van der Waals surface area (Å²) in [6, 6.07) is 10.6. The minimum absolute atomic E-state index is 0.260. The van der Waals surface area contributed by atoms with Crippen LogP contribution in [0.4, 0.5) is 0 Å². The van der Waals surface area contributed by atoms with E-state index in [1.807, 2.05) is 31.7 Å². The maximum Gasteiger partial charge on any atom is 0.227 e. The summed E-state index contributed by atoms with van der Waals surface area (Å²) in [5, 5.41) is 1.25. The van der Waals surface area contributed by atoms with Crippen LogP contribution in [0.25, 0.3) is 10.9 Å². The molecule has 1 saturated heterocycles. The van der Waals surface area contributed by atoms with Crippen LogP contribution in [-0.2, 0) is 4.79 Å². The van der Waals surface area contributed by atoms with Crippen molar-refractivity contribution in [3.8, 4) is 0 Å². The number of likely N-dealkylation sites (tertiary alicyclic amines) is 1. The molecule has 1 aliphatic heterocycles. The van der Waals surface area contributed by atoms with E-state index in [1.165, 1.54) is 16.6 Å². The monoisotopic (exact) mass is 270 g/mol. The average Bonchev–Trinajstić information content (AvgIpc) is 3.03. The lowest BCUT2D eigenvalue weighted by Crippen LogP contribution is -2.37. The zero-order valence-electron chi connectivity index (χ0n) is 12.4. The highest BCUT2D eigenvalue weighted by Gasteiger charge is 2.33. The molecule has 1 atom stereocenters. The highest BCUT2D eigenvalue weighted by atomic mass is 16.2. The van der Waals surface area contributed by atoms with Crippen molar-refractivity contribution in [3.63, 3.8) is 0 Å². The van der Waals surface area contributed by atoms with Crippen molar-refractivity contribution >= 4 is 16.8 Å². The minimum Gasteiger partial charge on any atom is -0.358 e. The highest BCUT2D eigenvalue weighted by Crippen LogP contribution is 2.31. The molecule has 1 N–H and O–H groups in total. The van der Waals surface area contributed by atoms with E-state index < -0.39 is 0 Å². The number of rotatable bonds is 1. The molecule has 0 aliphatic carbocycles. The molecule has 106 valence electrons.